The van der Waals surface area contributed by atoms with E-state index in [0.717, 1.165) is 18.4 Å². The largest absolute Gasteiger partial charge is 0.310 e. The molecule has 0 aromatic heterocycles. The summed E-state index contributed by atoms with van der Waals surface area (Å²) in [6.45, 7) is 7.73. The molecule has 1 saturated carbocycles. The zero-order chi connectivity index (χ0) is 10.6. The van der Waals surface area contributed by atoms with Crippen LogP contribution in [0.15, 0.2) is 11.1 Å². The van der Waals surface area contributed by atoms with Gasteiger partial charge in [0.15, 0.2) is 0 Å². The van der Waals surface area contributed by atoms with Crippen molar-refractivity contribution in [3.8, 4) is 0 Å². The Bertz CT molecular complexity index is 200. The van der Waals surface area contributed by atoms with Crippen LogP contribution in [-0.4, -0.2) is 12.6 Å². The topological polar surface area (TPSA) is 12.0 Å². The van der Waals surface area contributed by atoms with Crippen LogP contribution >= 0.6 is 11.6 Å². The van der Waals surface area contributed by atoms with Crippen molar-refractivity contribution in [3.63, 3.8) is 0 Å². The second kappa shape index (κ2) is 5.77. The minimum Gasteiger partial charge on any atom is -0.310 e. The summed E-state index contributed by atoms with van der Waals surface area (Å²) in [5.41, 5.74) is 2.89. The number of nitrogens with one attached hydrogen (secondary N) is 1. The standard InChI is InChI=1S/C12H22ClN/c1-9(7-13)8-14-12-6-4-5-10(2)11(12)3/h7,10-12,14H,4-6,8H2,1-3H3/b9-7+. The van der Waals surface area contributed by atoms with E-state index in [1.54, 1.807) is 5.54 Å². The maximum atomic E-state index is 5.63. The molecule has 14 heavy (non-hydrogen) atoms. The molecule has 3 unspecified atom stereocenters. The van der Waals surface area contributed by atoms with Gasteiger partial charge in [-0.25, -0.2) is 0 Å². The molecule has 3 atom stereocenters. The Morgan fingerprint density at radius 2 is 2.14 bits per heavy atom. The Morgan fingerprint density at radius 1 is 1.43 bits per heavy atom. The zero-order valence-corrected chi connectivity index (χ0v) is 10.3. The minimum absolute atomic E-state index is 0.685. The second-order valence-electron chi connectivity index (χ2n) is 4.71. The highest BCUT2D eigenvalue weighted by molar-refractivity contribution is 6.25. The number of hydrogen-bond donors (Lipinski definition) is 1. The average Bonchev–Trinajstić information content (AvgIpc) is 2.20. The summed E-state index contributed by atoms with van der Waals surface area (Å²) in [6, 6.07) is 0.685. The third-order valence-electron chi connectivity index (χ3n) is 3.54. The third kappa shape index (κ3) is 3.29. The van der Waals surface area contributed by atoms with Gasteiger partial charge in [0.2, 0.25) is 0 Å². The Hall–Kier alpha value is -0.0100. The van der Waals surface area contributed by atoms with Gasteiger partial charge in [-0.15, -0.1) is 0 Å². The molecule has 0 saturated heterocycles. The lowest BCUT2D eigenvalue weighted by atomic mass is 9.78. The highest BCUT2D eigenvalue weighted by Gasteiger charge is 2.26. The van der Waals surface area contributed by atoms with Crippen molar-refractivity contribution >= 4 is 11.6 Å². The first-order chi connectivity index (χ1) is 6.65. The fourth-order valence-electron chi connectivity index (χ4n) is 2.20. The predicted molar refractivity (Wildman–Crippen MR) is 63.6 cm³/mol. The second-order valence-corrected chi connectivity index (χ2v) is 4.93. The summed E-state index contributed by atoms with van der Waals surface area (Å²) in [5, 5.41) is 3.60. The highest BCUT2D eigenvalue weighted by Crippen LogP contribution is 2.29. The van der Waals surface area contributed by atoms with Gasteiger partial charge >= 0.3 is 0 Å². The lowest BCUT2D eigenvalue weighted by Crippen LogP contribution is -2.41. The van der Waals surface area contributed by atoms with Gasteiger partial charge in [0.25, 0.3) is 0 Å². The first kappa shape index (κ1) is 12.1. The van der Waals surface area contributed by atoms with E-state index in [4.69, 9.17) is 11.6 Å². The molecular formula is C12H22ClN. The van der Waals surface area contributed by atoms with Crippen molar-refractivity contribution in [3.05, 3.63) is 11.1 Å². The monoisotopic (exact) mass is 215 g/mol. The van der Waals surface area contributed by atoms with Gasteiger partial charge in [0, 0.05) is 18.1 Å². The molecule has 0 amide bonds. The van der Waals surface area contributed by atoms with E-state index in [2.05, 4.69) is 26.1 Å². The average molecular weight is 216 g/mol. The van der Waals surface area contributed by atoms with Crippen LogP contribution in [0.2, 0.25) is 0 Å². The number of rotatable bonds is 3. The van der Waals surface area contributed by atoms with Gasteiger partial charge in [-0.3, -0.25) is 0 Å². The first-order valence-corrected chi connectivity index (χ1v) is 6.08. The minimum atomic E-state index is 0.685. The van der Waals surface area contributed by atoms with Gasteiger partial charge in [-0.05, 0) is 30.8 Å². The quantitative estimate of drug-likeness (QED) is 0.760. The predicted octanol–water partition coefficient (Wildman–Crippen LogP) is 3.54. The van der Waals surface area contributed by atoms with Gasteiger partial charge in [-0.1, -0.05) is 38.3 Å². The van der Waals surface area contributed by atoms with Crippen LogP contribution in [0.3, 0.4) is 0 Å². The molecular weight excluding hydrogens is 194 g/mol. The smallest absolute Gasteiger partial charge is 0.0176 e. The Kier molecular flexibility index (Phi) is 4.97. The SMILES string of the molecule is C/C(=C\Cl)CNC1CCCC(C)C1C. The fourth-order valence-corrected chi connectivity index (χ4v) is 2.28. The van der Waals surface area contributed by atoms with Crippen LogP contribution in [0.1, 0.15) is 40.0 Å². The summed E-state index contributed by atoms with van der Waals surface area (Å²) in [7, 11) is 0. The number of halogens is 1. The molecule has 1 rings (SSSR count). The van der Waals surface area contributed by atoms with E-state index in [1.165, 1.54) is 24.8 Å². The molecule has 0 bridgehead atoms. The molecule has 1 aliphatic carbocycles. The summed E-state index contributed by atoms with van der Waals surface area (Å²) < 4.78 is 0. The molecule has 0 radical (unpaired) electrons. The van der Waals surface area contributed by atoms with Crippen molar-refractivity contribution in [1.29, 1.82) is 0 Å². The molecule has 0 aliphatic heterocycles. The van der Waals surface area contributed by atoms with Gasteiger partial charge in [0.1, 0.15) is 0 Å². The molecule has 0 spiro atoms. The molecule has 1 fully saturated rings. The lowest BCUT2D eigenvalue weighted by Gasteiger charge is -2.34. The van der Waals surface area contributed by atoms with E-state index in [-0.39, 0.29) is 0 Å². The van der Waals surface area contributed by atoms with E-state index in [9.17, 15) is 0 Å². The van der Waals surface area contributed by atoms with Crippen LogP contribution in [0.25, 0.3) is 0 Å². The Morgan fingerprint density at radius 3 is 2.79 bits per heavy atom. The summed E-state index contributed by atoms with van der Waals surface area (Å²) in [6.07, 6.45) is 4.08. The number of hydrogen-bond acceptors (Lipinski definition) is 1. The molecule has 0 heterocycles. The van der Waals surface area contributed by atoms with E-state index in [1.807, 2.05) is 0 Å². The van der Waals surface area contributed by atoms with Crippen LogP contribution in [0.5, 0.6) is 0 Å². The molecule has 1 N–H and O–H groups in total. The van der Waals surface area contributed by atoms with Crippen molar-refractivity contribution in [2.24, 2.45) is 11.8 Å². The maximum Gasteiger partial charge on any atom is 0.0176 e. The van der Waals surface area contributed by atoms with E-state index in [0.29, 0.717) is 6.04 Å². The summed E-state index contributed by atoms with van der Waals surface area (Å²) in [4.78, 5) is 0. The lowest BCUT2D eigenvalue weighted by molar-refractivity contribution is 0.210. The molecule has 0 aromatic carbocycles. The highest BCUT2D eigenvalue weighted by atomic mass is 35.5. The van der Waals surface area contributed by atoms with E-state index >= 15 is 0 Å². The maximum absolute atomic E-state index is 5.63. The van der Waals surface area contributed by atoms with Crippen LogP contribution in [0.4, 0.5) is 0 Å². The first-order valence-electron chi connectivity index (χ1n) is 5.64. The van der Waals surface area contributed by atoms with Crippen molar-refractivity contribution in [2.75, 3.05) is 6.54 Å². The van der Waals surface area contributed by atoms with Crippen LogP contribution in [0, 0.1) is 11.8 Å². The summed E-state index contributed by atoms with van der Waals surface area (Å²) >= 11 is 5.63. The Labute approximate surface area is 92.9 Å². The van der Waals surface area contributed by atoms with Crippen LogP contribution in [-0.2, 0) is 0 Å². The van der Waals surface area contributed by atoms with Gasteiger partial charge < -0.3 is 5.32 Å². The molecule has 1 aliphatic rings. The summed E-state index contributed by atoms with van der Waals surface area (Å²) in [5.74, 6) is 1.66. The van der Waals surface area contributed by atoms with Crippen molar-refractivity contribution in [1.82, 2.24) is 5.32 Å². The van der Waals surface area contributed by atoms with Crippen molar-refractivity contribution < 1.29 is 0 Å². The molecule has 1 nitrogen and oxygen atoms in total. The van der Waals surface area contributed by atoms with Gasteiger partial charge in [-0.2, -0.15) is 0 Å². The molecule has 2 heteroatoms. The molecule has 0 aromatic rings. The van der Waals surface area contributed by atoms with Crippen molar-refractivity contribution in [2.45, 2.75) is 46.1 Å². The third-order valence-corrected chi connectivity index (χ3v) is 3.91. The normalized spacial score (nSPS) is 34.6. The van der Waals surface area contributed by atoms with E-state index < -0.39 is 0 Å². The van der Waals surface area contributed by atoms with Crippen LogP contribution < -0.4 is 5.32 Å². The fraction of sp³-hybridized carbons (Fsp3) is 0.833. The van der Waals surface area contributed by atoms with Gasteiger partial charge in [0.05, 0.1) is 0 Å². The Balaban J connectivity index is 2.36. The molecule has 82 valence electrons. The zero-order valence-electron chi connectivity index (χ0n) is 9.52.